The first-order chi connectivity index (χ1) is 10.5. The lowest BCUT2D eigenvalue weighted by Gasteiger charge is -2.41. The second-order valence-corrected chi connectivity index (χ2v) is 6.52. The molecule has 1 aliphatic rings. The Morgan fingerprint density at radius 3 is 2.65 bits per heavy atom. The number of carbonyl (C=O) groups excluding carboxylic acids is 1. The van der Waals surface area contributed by atoms with Crippen LogP contribution in [0.5, 0.6) is 0 Å². The van der Waals surface area contributed by atoms with E-state index in [1.54, 1.807) is 20.8 Å². The summed E-state index contributed by atoms with van der Waals surface area (Å²) >= 11 is 0. The van der Waals surface area contributed by atoms with Crippen LogP contribution in [0.4, 0.5) is 10.5 Å². The van der Waals surface area contributed by atoms with Crippen LogP contribution in [0.15, 0.2) is 12.4 Å². The summed E-state index contributed by atoms with van der Waals surface area (Å²) in [7, 11) is 0. The average Bonchev–Trinajstić information content (AvgIpc) is 2.84. The predicted octanol–water partition coefficient (Wildman–Crippen LogP) is 0.654. The molecule has 0 radical (unpaired) electrons. The number of ether oxygens (including phenoxy) is 1. The zero-order valence-corrected chi connectivity index (χ0v) is 13.2. The fourth-order valence-electron chi connectivity index (χ4n) is 2.39. The van der Waals surface area contributed by atoms with Gasteiger partial charge in [0.05, 0.1) is 11.5 Å². The van der Waals surface area contributed by atoms with Crippen molar-refractivity contribution in [2.24, 2.45) is 0 Å². The number of aliphatic hydroxyl groups is 2. The Hall–Kier alpha value is -2.20. The van der Waals surface area contributed by atoms with Crippen molar-refractivity contribution in [3.8, 4) is 0 Å². The molecule has 0 saturated carbocycles. The highest BCUT2D eigenvalue weighted by atomic mass is 16.6. The highest BCUT2D eigenvalue weighted by Crippen LogP contribution is 2.31. The molecule has 0 spiro atoms. The van der Waals surface area contributed by atoms with E-state index in [1.165, 1.54) is 4.90 Å². The van der Waals surface area contributed by atoms with Crippen LogP contribution in [-0.4, -0.2) is 60.4 Å². The molecule has 1 aromatic heterocycles. The summed E-state index contributed by atoms with van der Waals surface area (Å²) in [4.78, 5) is 23.3. The normalized spacial score (nSPS) is 21.1. The SMILES string of the molecule is CC(C)(C)OC(=O)N1CCC(n2cc([N+](=O)[O-])cn2)C(O)(O)C1. The maximum atomic E-state index is 12.0. The van der Waals surface area contributed by atoms with E-state index in [2.05, 4.69) is 5.10 Å². The molecule has 2 N–H and O–H groups in total. The maximum Gasteiger partial charge on any atom is 0.410 e. The summed E-state index contributed by atoms with van der Waals surface area (Å²) in [6.07, 6.45) is 1.70. The Bertz CT molecular complexity index is 606. The number of hydrogen-bond acceptors (Lipinski definition) is 7. The van der Waals surface area contributed by atoms with Gasteiger partial charge in [0, 0.05) is 6.54 Å². The van der Waals surface area contributed by atoms with Gasteiger partial charge in [-0.05, 0) is 27.2 Å². The average molecular weight is 328 g/mol. The van der Waals surface area contributed by atoms with Crippen molar-refractivity contribution in [3.05, 3.63) is 22.5 Å². The van der Waals surface area contributed by atoms with Crippen molar-refractivity contribution >= 4 is 11.8 Å². The Morgan fingerprint density at radius 1 is 1.52 bits per heavy atom. The highest BCUT2D eigenvalue weighted by molar-refractivity contribution is 5.68. The summed E-state index contributed by atoms with van der Waals surface area (Å²) in [5.74, 6) is -2.27. The molecule has 128 valence electrons. The fourth-order valence-corrected chi connectivity index (χ4v) is 2.39. The molecule has 0 aromatic carbocycles. The van der Waals surface area contributed by atoms with Gasteiger partial charge in [0.1, 0.15) is 24.0 Å². The summed E-state index contributed by atoms with van der Waals surface area (Å²) in [5, 5.41) is 35.0. The Balaban J connectivity index is 2.10. The molecule has 1 unspecified atom stereocenters. The van der Waals surface area contributed by atoms with Gasteiger partial charge >= 0.3 is 11.8 Å². The molecule has 1 amide bonds. The van der Waals surface area contributed by atoms with Gasteiger partial charge in [0.15, 0.2) is 0 Å². The van der Waals surface area contributed by atoms with Crippen LogP contribution < -0.4 is 0 Å². The molecule has 1 fully saturated rings. The Labute approximate surface area is 132 Å². The molecule has 1 saturated heterocycles. The van der Waals surface area contributed by atoms with Crippen LogP contribution >= 0.6 is 0 Å². The van der Waals surface area contributed by atoms with Gasteiger partial charge in [0.2, 0.25) is 5.79 Å². The van der Waals surface area contributed by atoms with Crippen LogP contribution in [0.3, 0.4) is 0 Å². The molecule has 0 bridgehead atoms. The number of nitrogens with zero attached hydrogens (tertiary/aromatic N) is 4. The lowest BCUT2D eigenvalue weighted by Crippen LogP contribution is -2.56. The van der Waals surface area contributed by atoms with Crippen LogP contribution in [0.2, 0.25) is 0 Å². The molecule has 23 heavy (non-hydrogen) atoms. The van der Waals surface area contributed by atoms with Crippen molar-refractivity contribution in [2.45, 2.75) is 44.6 Å². The van der Waals surface area contributed by atoms with Gasteiger partial charge in [-0.2, -0.15) is 5.10 Å². The first-order valence-corrected chi connectivity index (χ1v) is 7.11. The van der Waals surface area contributed by atoms with Crippen LogP contribution in [-0.2, 0) is 4.74 Å². The molecular formula is C13H20N4O6. The van der Waals surface area contributed by atoms with Gasteiger partial charge in [-0.15, -0.1) is 0 Å². The number of rotatable bonds is 2. The molecule has 2 rings (SSSR count). The number of nitro groups is 1. The van der Waals surface area contributed by atoms with E-state index in [0.717, 1.165) is 17.1 Å². The fraction of sp³-hybridized carbons (Fsp3) is 0.692. The molecule has 10 heteroatoms. The van der Waals surface area contributed by atoms with Gasteiger partial charge in [0.25, 0.3) is 0 Å². The summed E-state index contributed by atoms with van der Waals surface area (Å²) in [6.45, 7) is 4.99. The number of amides is 1. The van der Waals surface area contributed by atoms with E-state index < -0.39 is 28.4 Å². The second-order valence-electron chi connectivity index (χ2n) is 6.52. The first-order valence-electron chi connectivity index (χ1n) is 7.11. The molecule has 2 heterocycles. The molecule has 10 nitrogen and oxygen atoms in total. The molecular weight excluding hydrogens is 308 g/mol. The lowest BCUT2D eigenvalue weighted by molar-refractivity contribution is -0.385. The van der Waals surface area contributed by atoms with E-state index in [1.807, 2.05) is 0 Å². The van der Waals surface area contributed by atoms with Crippen molar-refractivity contribution in [1.29, 1.82) is 0 Å². The third kappa shape index (κ3) is 3.96. The van der Waals surface area contributed by atoms with Crippen LogP contribution in [0.25, 0.3) is 0 Å². The van der Waals surface area contributed by atoms with E-state index in [4.69, 9.17) is 4.74 Å². The Kier molecular flexibility index (Phi) is 4.31. The van der Waals surface area contributed by atoms with Crippen LogP contribution in [0.1, 0.15) is 33.2 Å². The number of likely N-dealkylation sites (tertiary alicyclic amines) is 1. The number of carbonyl (C=O) groups is 1. The van der Waals surface area contributed by atoms with E-state index in [0.29, 0.717) is 0 Å². The number of β-amino-alcohol motifs (C(OH)–C–C–N with tert-alkyl or cyclic N) is 2. The Morgan fingerprint density at radius 2 is 2.17 bits per heavy atom. The summed E-state index contributed by atoms with van der Waals surface area (Å²) in [5.41, 5.74) is -0.931. The quantitative estimate of drug-likeness (QED) is 0.463. The number of aromatic nitrogens is 2. The van der Waals surface area contributed by atoms with Crippen molar-refractivity contribution in [3.63, 3.8) is 0 Å². The molecule has 1 atom stereocenters. The topological polar surface area (TPSA) is 131 Å². The van der Waals surface area contributed by atoms with Crippen molar-refractivity contribution in [1.82, 2.24) is 14.7 Å². The minimum absolute atomic E-state index is 0.172. The molecule has 1 aliphatic heterocycles. The highest BCUT2D eigenvalue weighted by Gasteiger charge is 2.44. The minimum Gasteiger partial charge on any atom is -0.444 e. The molecule has 0 aliphatic carbocycles. The largest absolute Gasteiger partial charge is 0.444 e. The number of hydrogen-bond donors (Lipinski definition) is 2. The smallest absolute Gasteiger partial charge is 0.410 e. The van der Waals surface area contributed by atoms with Crippen LogP contribution in [0, 0.1) is 10.1 Å². The first kappa shape index (κ1) is 17.2. The van der Waals surface area contributed by atoms with E-state index >= 15 is 0 Å². The standard InChI is InChI=1S/C13H20N4O6/c1-12(2,3)23-11(18)15-5-4-10(13(19,20)8-15)16-7-9(6-14-16)17(21)22/h6-7,10,19-20H,4-5,8H2,1-3H3. The lowest BCUT2D eigenvalue weighted by atomic mass is 9.98. The molecule has 1 aromatic rings. The number of piperidine rings is 1. The zero-order valence-electron chi connectivity index (χ0n) is 13.2. The van der Waals surface area contributed by atoms with Crippen molar-refractivity contribution < 1.29 is 24.7 Å². The van der Waals surface area contributed by atoms with Gasteiger partial charge in [-0.3, -0.25) is 14.8 Å². The summed E-state index contributed by atoms with van der Waals surface area (Å²) in [6, 6.07) is -0.894. The third-order valence-corrected chi connectivity index (χ3v) is 3.40. The van der Waals surface area contributed by atoms with Gasteiger partial charge in [-0.1, -0.05) is 0 Å². The van der Waals surface area contributed by atoms with Crippen molar-refractivity contribution in [2.75, 3.05) is 13.1 Å². The third-order valence-electron chi connectivity index (χ3n) is 3.40. The minimum atomic E-state index is -2.27. The maximum absolute atomic E-state index is 12.0. The zero-order chi connectivity index (χ0) is 17.4. The summed E-state index contributed by atoms with van der Waals surface area (Å²) < 4.78 is 6.34. The second kappa shape index (κ2) is 5.78. The van der Waals surface area contributed by atoms with E-state index in [-0.39, 0.29) is 25.2 Å². The predicted molar refractivity (Wildman–Crippen MR) is 77.5 cm³/mol. The van der Waals surface area contributed by atoms with E-state index in [9.17, 15) is 25.1 Å². The van der Waals surface area contributed by atoms with Gasteiger partial charge in [-0.25, -0.2) is 4.79 Å². The monoisotopic (exact) mass is 328 g/mol. The van der Waals surface area contributed by atoms with Gasteiger partial charge < -0.3 is 19.8 Å².